The third kappa shape index (κ3) is 4.70. The number of rotatable bonds is 3. The van der Waals surface area contributed by atoms with E-state index in [-0.39, 0.29) is 11.2 Å². The van der Waals surface area contributed by atoms with Gasteiger partial charge in [0.1, 0.15) is 5.76 Å². The first-order valence-corrected chi connectivity index (χ1v) is 6.25. The zero-order valence-corrected chi connectivity index (χ0v) is 12.0. The van der Waals surface area contributed by atoms with Crippen molar-refractivity contribution in [2.45, 2.75) is 27.2 Å². The van der Waals surface area contributed by atoms with Gasteiger partial charge in [-0.15, -0.1) is 0 Å². The molecule has 0 aromatic carbocycles. The van der Waals surface area contributed by atoms with E-state index in [4.69, 9.17) is 10.5 Å². The quantitative estimate of drug-likeness (QED) is 0.761. The minimum absolute atomic E-state index is 0.0421. The number of hydrogen-bond acceptors (Lipinski definition) is 3. The molecule has 0 atom stereocenters. The summed E-state index contributed by atoms with van der Waals surface area (Å²) in [5.41, 5.74) is 8.85. The van der Waals surface area contributed by atoms with E-state index in [2.05, 4.69) is 33.9 Å². The molecule has 0 unspecified atom stereocenters. The summed E-state index contributed by atoms with van der Waals surface area (Å²) in [5, 5.41) is 9.52. The van der Waals surface area contributed by atoms with Crippen LogP contribution < -0.4 is 5.73 Å². The van der Waals surface area contributed by atoms with Crippen molar-refractivity contribution in [3.8, 4) is 0 Å². The number of aliphatic hydroxyl groups excluding tert-OH is 1. The third-order valence-electron chi connectivity index (χ3n) is 2.69. The Morgan fingerprint density at radius 3 is 2.63 bits per heavy atom. The van der Waals surface area contributed by atoms with Gasteiger partial charge in [-0.2, -0.15) is 0 Å². The Labute approximate surface area is 115 Å². The maximum Gasteiger partial charge on any atom is 0.111 e. The summed E-state index contributed by atoms with van der Waals surface area (Å²) in [6.45, 7) is 14.4. The van der Waals surface area contributed by atoms with Crippen molar-refractivity contribution in [2.75, 3.05) is 6.61 Å². The van der Waals surface area contributed by atoms with Crippen molar-refractivity contribution in [1.29, 1.82) is 0 Å². The first-order chi connectivity index (χ1) is 8.70. The first kappa shape index (κ1) is 15.2. The SMILES string of the molecule is C=C(O)C1=CC=C(N)C(=C)/C(=C/OCC(C)(C)C)C1. The fraction of sp³-hybridized carbons (Fsp3) is 0.375. The van der Waals surface area contributed by atoms with Gasteiger partial charge >= 0.3 is 0 Å². The molecule has 19 heavy (non-hydrogen) atoms. The van der Waals surface area contributed by atoms with E-state index in [1.165, 1.54) is 0 Å². The zero-order chi connectivity index (χ0) is 14.6. The van der Waals surface area contributed by atoms with E-state index in [9.17, 15) is 5.11 Å². The molecule has 0 spiro atoms. The number of allylic oxidation sites excluding steroid dienone is 4. The molecule has 0 aromatic heterocycles. The standard InChI is InChI=1S/C16H23NO2/c1-11-14(9-19-10-16(3,4)5)8-13(12(2)18)6-7-15(11)17/h6-7,9,18H,1-2,8,10,17H2,3-5H3/b14-9+. The minimum Gasteiger partial charge on any atom is -0.508 e. The van der Waals surface area contributed by atoms with Gasteiger partial charge in [-0.05, 0) is 28.2 Å². The second-order valence-corrected chi connectivity index (χ2v) is 5.93. The van der Waals surface area contributed by atoms with E-state index in [1.807, 2.05) is 0 Å². The van der Waals surface area contributed by atoms with E-state index in [0.717, 1.165) is 11.1 Å². The van der Waals surface area contributed by atoms with Crippen molar-refractivity contribution < 1.29 is 9.84 Å². The van der Waals surface area contributed by atoms with Crippen molar-refractivity contribution in [2.24, 2.45) is 11.1 Å². The fourth-order valence-electron chi connectivity index (χ4n) is 1.55. The van der Waals surface area contributed by atoms with Gasteiger partial charge in [-0.3, -0.25) is 0 Å². The van der Waals surface area contributed by atoms with Gasteiger partial charge in [-0.1, -0.05) is 40.0 Å². The van der Waals surface area contributed by atoms with E-state index in [1.54, 1.807) is 18.4 Å². The Bertz CT molecular complexity index is 473. The lowest BCUT2D eigenvalue weighted by Gasteiger charge is -2.18. The second-order valence-electron chi connectivity index (χ2n) is 5.93. The molecule has 1 aliphatic carbocycles. The molecular formula is C16H23NO2. The molecule has 0 fully saturated rings. The summed E-state index contributed by atoms with van der Waals surface area (Å²) in [6.07, 6.45) is 5.67. The largest absolute Gasteiger partial charge is 0.508 e. The van der Waals surface area contributed by atoms with Crippen LogP contribution in [0.3, 0.4) is 0 Å². The summed E-state index contributed by atoms with van der Waals surface area (Å²) in [6, 6.07) is 0. The minimum atomic E-state index is 0.0421. The highest BCUT2D eigenvalue weighted by Gasteiger charge is 2.15. The maximum atomic E-state index is 9.52. The molecule has 0 saturated carbocycles. The molecular weight excluding hydrogens is 238 g/mol. The van der Waals surface area contributed by atoms with Crippen LogP contribution in [0.4, 0.5) is 0 Å². The van der Waals surface area contributed by atoms with Crippen LogP contribution in [0.1, 0.15) is 27.2 Å². The van der Waals surface area contributed by atoms with Gasteiger partial charge in [0, 0.05) is 12.1 Å². The molecule has 0 bridgehead atoms. The van der Waals surface area contributed by atoms with Gasteiger partial charge < -0.3 is 15.6 Å². The van der Waals surface area contributed by atoms with Crippen molar-refractivity contribution in [3.05, 3.63) is 59.7 Å². The lowest BCUT2D eigenvalue weighted by molar-refractivity contribution is 0.150. The summed E-state index contributed by atoms with van der Waals surface area (Å²) in [5.74, 6) is 0.0421. The number of ether oxygens (including phenoxy) is 1. The normalized spacial score (nSPS) is 18.7. The van der Waals surface area contributed by atoms with Crippen molar-refractivity contribution >= 4 is 0 Å². The predicted octanol–water partition coefficient (Wildman–Crippen LogP) is 3.73. The van der Waals surface area contributed by atoms with Crippen LogP contribution in [0.25, 0.3) is 0 Å². The van der Waals surface area contributed by atoms with Gasteiger partial charge in [0.15, 0.2) is 0 Å². The van der Waals surface area contributed by atoms with Crippen LogP contribution in [0, 0.1) is 5.41 Å². The van der Waals surface area contributed by atoms with E-state index in [0.29, 0.717) is 24.3 Å². The lowest BCUT2D eigenvalue weighted by Crippen LogP contribution is -2.13. The fourth-order valence-corrected chi connectivity index (χ4v) is 1.55. The lowest BCUT2D eigenvalue weighted by atomic mass is 9.98. The van der Waals surface area contributed by atoms with E-state index < -0.39 is 0 Å². The van der Waals surface area contributed by atoms with Crippen LogP contribution in [0.15, 0.2) is 59.7 Å². The average molecular weight is 261 g/mol. The van der Waals surface area contributed by atoms with Gasteiger partial charge in [-0.25, -0.2) is 0 Å². The third-order valence-corrected chi connectivity index (χ3v) is 2.69. The summed E-state index contributed by atoms with van der Waals surface area (Å²) >= 11 is 0. The smallest absolute Gasteiger partial charge is 0.111 e. The number of nitrogens with two attached hydrogens (primary N) is 1. The number of hydrogen-bond donors (Lipinski definition) is 2. The van der Waals surface area contributed by atoms with Crippen LogP contribution in [0.5, 0.6) is 0 Å². The molecule has 0 heterocycles. The zero-order valence-electron chi connectivity index (χ0n) is 12.0. The predicted molar refractivity (Wildman–Crippen MR) is 79.4 cm³/mol. The van der Waals surface area contributed by atoms with Crippen LogP contribution in [-0.2, 0) is 4.74 Å². The first-order valence-electron chi connectivity index (χ1n) is 6.25. The molecule has 0 saturated heterocycles. The Hall–Kier alpha value is -1.90. The highest BCUT2D eigenvalue weighted by Crippen LogP contribution is 2.28. The van der Waals surface area contributed by atoms with Crippen molar-refractivity contribution in [3.63, 3.8) is 0 Å². The van der Waals surface area contributed by atoms with Gasteiger partial charge in [0.25, 0.3) is 0 Å². The van der Waals surface area contributed by atoms with Crippen LogP contribution in [0.2, 0.25) is 0 Å². The summed E-state index contributed by atoms with van der Waals surface area (Å²) < 4.78 is 5.60. The Kier molecular flexibility index (Phi) is 4.65. The highest BCUT2D eigenvalue weighted by molar-refractivity contribution is 5.51. The molecule has 3 N–H and O–H groups in total. The van der Waals surface area contributed by atoms with Gasteiger partial charge in [0.05, 0.1) is 12.9 Å². The Morgan fingerprint density at radius 2 is 2.11 bits per heavy atom. The molecule has 0 amide bonds. The average Bonchev–Trinajstić information content (AvgIpc) is 2.40. The molecule has 3 heteroatoms. The number of aliphatic hydroxyl groups is 1. The molecule has 1 aliphatic rings. The summed E-state index contributed by atoms with van der Waals surface area (Å²) in [7, 11) is 0. The second kappa shape index (κ2) is 5.83. The Balaban J connectivity index is 2.89. The molecule has 3 nitrogen and oxygen atoms in total. The van der Waals surface area contributed by atoms with Gasteiger partial charge in [0.2, 0.25) is 0 Å². The molecule has 0 aromatic rings. The monoisotopic (exact) mass is 261 g/mol. The van der Waals surface area contributed by atoms with E-state index >= 15 is 0 Å². The Morgan fingerprint density at radius 1 is 1.47 bits per heavy atom. The molecule has 0 radical (unpaired) electrons. The molecule has 104 valence electrons. The highest BCUT2D eigenvalue weighted by atomic mass is 16.5. The topological polar surface area (TPSA) is 55.5 Å². The van der Waals surface area contributed by atoms with Crippen molar-refractivity contribution in [1.82, 2.24) is 0 Å². The van der Waals surface area contributed by atoms with Crippen LogP contribution in [-0.4, -0.2) is 11.7 Å². The maximum absolute atomic E-state index is 9.52. The summed E-state index contributed by atoms with van der Waals surface area (Å²) in [4.78, 5) is 0. The molecule has 1 rings (SSSR count). The van der Waals surface area contributed by atoms with Crippen LogP contribution >= 0.6 is 0 Å². The molecule has 0 aliphatic heterocycles.